The summed E-state index contributed by atoms with van der Waals surface area (Å²) < 4.78 is 0. The van der Waals surface area contributed by atoms with Gasteiger partial charge >= 0.3 is 0 Å². The first-order valence-electron chi connectivity index (χ1n) is 5.72. The van der Waals surface area contributed by atoms with E-state index in [0.717, 1.165) is 0 Å². The van der Waals surface area contributed by atoms with Crippen LogP contribution in [0.25, 0.3) is 0 Å². The molecule has 5 N–H and O–H groups in total. The monoisotopic (exact) mass is 245 g/mol. The Morgan fingerprint density at radius 1 is 1.29 bits per heavy atom. The van der Waals surface area contributed by atoms with Gasteiger partial charge in [-0.1, -0.05) is 13.8 Å². The average molecular weight is 245 g/mol. The van der Waals surface area contributed by atoms with Crippen LogP contribution in [-0.4, -0.2) is 42.2 Å². The minimum atomic E-state index is -0.929. The van der Waals surface area contributed by atoms with Crippen molar-refractivity contribution in [2.75, 3.05) is 19.6 Å². The van der Waals surface area contributed by atoms with Crippen LogP contribution in [0.1, 0.15) is 27.2 Å². The minimum absolute atomic E-state index is 0.117. The fourth-order valence-corrected chi connectivity index (χ4v) is 1.55. The predicted molar refractivity (Wildman–Crippen MR) is 65.2 cm³/mol. The molecule has 6 heteroatoms. The summed E-state index contributed by atoms with van der Waals surface area (Å²) in [5, 5.41) is 14.9. The molecule has 6 nitrogen and oxygen atoms in total. The van der Waals surface area contributed by atoms with E-state index in [-0.39, 0.29) is 31.4 Å². The smallest absolute Gasteiger partial charge is 0.239 e. The second-order valence-electron chi connectivity index (χ2n) is 4.85. The fraction of sp³-hybridized carbons (Fsp3) is 0.818. The van der Waals surface area contributed by atoms with Crippen molar-refractivity contribution in [3.8, 4) is 0 Å². The van der Waals surface area contributed by atoms with E-state index in [4.69, 9.17) is 5.73 Å². The third-order valence-corrected chi connectivity index (χ3v) is 2.15. The highest BCUT2D eigenvalue weighted by molar-refractivity contribution is 5.85. The first-order valence-corrected chi connectivity index (χ1v) is 5.72. The largest absolute Gasteiger partial charge is 0.388 e. The van der Waals surface area contributed by atoms with Crippen LogP contribution in [-0.2, 0) is 9.59 Å². The van der Waals surface area contributed by atoms with Gasteiger partial charge in [0.15, 0.2) is 0 Å². The van der Waals surface area contributed by atoms with Gasteiger partial charge in [-0.2, -0.15) is 0 Å². The van der Waals surface area contributed by atoms with Crippen molar-refractivity contribution in [3.63, 3.8) is 0 Å². The minimum Gasteiger partial charge on any atom is -0.388 e. The Morgan fingerprint density at radius 3 is 2.35 bits per heavy atom. The summed E-state index contributed by atoms with van der Waals surface area (Å²) >= 11 is 0. The van der Waals surface area contributed by atoms with Crippen LogP contribution in [0.5, 0.6) is 0 Å². The third-order valence-electron chi connectivity index (χ3n) is 2.15. The van der Waals surface area contributed by atoms with Gasteiger partial charge in [-0.15, -0.1) is 0 Å². The lowest BCUT2D eigenvalue weighted by Gasteiger charge is -2.25. The van der Waals surface area contributed by atoms with Crippen molar-refractivity contribution in [1.82, 2.24) is 10.6 Å². The van der Waals surface area contributed by atoms with E-state index in [1.165, 1.54) is 0 Å². The molecule has 0 rings (SSSR count). The summed E-state index contributed by atoms with van der Waals surface area (Å²) in [6, 6.07) is 0. The van der Waals surface area contributed by atoms with Gasteiger partial charge in [-0.05, 0) is 19.3 Å². The highest BCUT2D eigenvalue weighted by Crippen LogP contribution is 2.14. The Hall–Kier alpha value is -1.14. The van der Waals surface area contributed by atoms with E-state index in [0.29, 0.717) is 12.3 Å². The number of nitrogens with one attached hydrogen (secondary N) is 2. The van der Waals surface area contributed by atoms with E-state index in [1.54, 1.807) is 6.92 Å². The lowest BCUT2D eigenvalue weighted by Crippen LogP contribution is -2.45. The molecule has 0 aromatic rings. The van der Waals surface area contributed by atoms with Gasteiger partial charge in [0.2, 0.25) is 11.8 Å². The van der Waals surface area contributed by atoms with Crippen LogP contribution in [0, 0.1) is 5.92 Å². The second kappa shape index (κ2) is 7.24. The SMILES string of the molecule is CC(C)CC(C)(O)CNC(=O)CNC(=O)CN. The third kappa shape index (κ3) is 8.65. The van der Waals surface area contributed by atoms with Crippen LogP contribution in [0.15, 0.2) is 0 Å². The zero-order valence-electron chi connectivity index (χ0n) is 10.7. The highest BCUT2D eigenvalue weighted by Gasteiger charge is 2.22. The predicted octanol–water partition coefficient (Wildman–Crippen LogP) is -1.03. The molecule has 0 aromatic heterocycles. The van der Waals surface area contributed by atoms with E-state index in [2.05, 4.69) is 10.6 Å². The second-order valence-corrected chi connectivity index (χ2v) is 4.85. The number of hydrogen-bond acceptors (Lipinski definition) is 4. The maximum absolute atomic E-state index is 11.3. The Bertz CT molecular complexity index is 265. The number of aliphatic hydroxyl groups is 1. The molecule has 0 bridgehead atoms. The van der Waals surface area contributed by atoms with Gasteiger partial charge in [0.25, 0.3) is 0 Å². The molecule has 0 saturated carbocycles. The molecule has 0 radical (unpaired) electrons. The standard InChI is InChI=1S/C11H23N3O3/c1-8(2)4-11(3,17)7-14-10(16)6-13-9(15)5-12/h8,17H,4-7,12H2,1-3H3,(H,13,15)(H,14,16). The van der Waals surface area contributed by atoms with Gasteiger partial charge in [0, 0.05) is 6.54 Å². The van der Waals surface area contributed by atoms with Crippen LogP contribution < -0.4 is 16.4 Å². The van der Waals surface area contributed by atoms with Gasteiger partial charge in [-0.25, -0.2) is 0 Å². The van der Waals surface area contributed by atoms with E-state index < -0.39 is 5.60 Å². The van der Waals surface area contributed by atoms with E-state index in [1.807, 2.05) is 13.8 Å². The fourth-order valence-electron chi connectivity index (χ4n) is 1.55. The number of carbonyl (C=O) groups excluding carboxylic acids is 2. The molecule has 0 heterocycles. The van der Waals surface area contributed by atoms with Crippen molar-refractivity contribution in [2.24, 2.45) is 11.7 Å². The molecule has 1 atom stereocenters. The Labute approximate surface area is 102 Å². The zero-order valence-corrected chi connectivity index (χ0v) is 10.7. The van der Waals surface area contributed by atoms with Crippen LogP contribution in [0.4, 0.5) is 0 Å². The quantitative estimate of drug-likeness (QED) is 0.460. The Morgan fingerprint density at radius 2 is 1.88 bits per heavy atom. The average Bonchev–Trinajstić information content (AvgIpc) is 2.21. The number of rotatable bonds is 7. The summed E-state index contributed by atoms with van der Waals surface area (Å²) in [5.74, 6) is -0.372. The van der Waals surface area contributed by atoms with Gasteiger partial charge in [0.1, 0.15) is 0 Å². The summed E-state index contributed by atoms with van der Waals surface area (Å²) in [4.78, 5) is 22.1. The maximum atomic E-state index is 11.3. The summed E-state index contributed by atoms with van der Waals surface area (Å²) in [5.41, 5.74) is 4.14. The molecular weight excluding hydrogens is 222 g/mol. The highest BCUT2D eigenvalue weighted by atomic mass is 16.3. The Kier molecular flexibility index (Phi) is 6.75. The van der Waals surface area contributed by atoms with Gasteiger partial charge in [-0.3, -0.25) is 9.59 Å². The molecule has 0 spiro atoms. The molecule has 0 aromatic carbocycles. The molecule has 100 valence electrons. The number of nitrogens with two attached hydrogens (primary N) is 1. The van der Waals surface area contributed by atoms with Crippen molar-refractivity contribution in [3.05, 3.63) is 0 Å². The normalized spacial score (nSPS) is 14.2. The van der Waals surface area contributed by atoms with Crippen molar-refractivity contribution < 1.29 is 14.7 Å². The summed E-state index contributed by atoms with van der Waals surface area (Å²) in [6.45, 7) is 5.58. The molecule has 17 heavy (non-hydrogen) atoms. The number of hydrogen-bond donors (Lipinski definition) is 4. The molecular formula is C11H23N3O3. The van der Waals surface area contributed by atoms with E-state index >= 15 is 0 Å². The van der Waals surface area contributed by atoms with Gasteiger partial charge < -0.3 is 21.5 Å². The topological polar surface area (TPSA) is 104 Å². The molecule has 0 aliphatic carbocycles. The first kappa shape index (κ1) is 15.9. The Balaban J connectivity index is 3.86. The van der Waals surface area contributed by atoms with Crippen LogP contribution in [0.3, 0.4) is 0 Å². The summed E-state index contributed by atoms with van der Waals surface area (Å²) in [6.07, 6.45) is 0.600. The molecule has 1 unspecified atom stereocenters. The lowest BCUT2D eigenvalue weighted by atomic mass is 9.94. The van der Waals surface area contributed by atoms with Gasteiger partial charge in [0.05, 0.1) is 18.7 Å². The summed E-state index contributed by atoms with van der Waals surface area (Å²) in [7, 11) is 0. The maximum Gasteiger partial charge on any atom is 0.239 e. The molecule has 0 aliphatic rings. The van der Waals surface area contributed by atoms with Crippen molar-refractivity contribution >= 4 is 11.8 Å². The zero-order chi connectivity index (χ0) is 13.5. The van der Waals surface area contributed by atoms with Crippen LogP contribution >= 0.6 is 0 Å². The van der Waals surface area contributed by atoms with Crippen molar-refractivity contribution in [1.29, 1.82) is 0 Å². The van der Waals surface area contributed by atoms with E-state index in [9.17, 15) is 14.7 Å². The number of carbonyl (C=O) groups is 2. The number of amides is 2. The molecule has 2 amide bonds. The lowest BCUT2D eigenvalue weighted by molar-refractivity contribution is -0.126. The van der Waals surface area contributed by atoms with Crippen molar-refractivity contribution in [2.45, 2.75) is 32.8 Å². The first-order chi connectivity index (χ1) is 7.76. The molecule has 0 aliphatic heterocycles. The molecule has 0 saturated heterocycles. The molecule has 0 fully saturated rings. The van der Waals surface area contributed by atoms with Crippen LogP contribution in [0.2, 0.25) is 0 Å².